The highest BCUT2D eigenvalue weighted by molar-refractivity contribution is 5.80. The Morgan fingerprint density at radius 3 is 2.23 bits per heavy atom. The van der Waals surface area contributed by atoms with Gasteiger partial charge in [-0.15, -0.1) is 0 Å². The predicted molar refractivity (Wildman–Crippen MR) is 128 cm³/mol. The van der Waals surface area contributed by atoms with Crippen LogP contribution in [0, 0.1) is 0 Å². The summed E-state index contributed by atoms with van der Waals surface area (Å²) in [7, 11) is 4.37. The van der Waals surface area contributed by atoms with E-state index in [1.54, 1.807) is 0 Å². The third-order valence-electron chi connectivity index (χ3n) is 6.43. The Kier molecular flexibility index (Phi) is 5.58. The second-order valence-electron chi connectivity index (χ2n) is 8.83. The summed E-state index contributed by atoms with van der Waals surface area (Å²) >= 11 is 0. The van der Waals surface area contributed by atoms with Gasteiger partial charge in [-0.05, 0) is 43.8 Å². The van der Waals surface area contributed by atoms with Crippen LogP contribution < -0.4 is 0 Å². The van der Waals surface area contributed by atoms with Crippen molar-refractivity contribution in [2.45, 2.75) is 25.6 Å². The molecule has 1 atom stereocenters. The Labute approximate surface area is 184 Å². The fourth-order valence-electron chi connectivity index (χ4n) is 4.61. The van der Waals surface area contributed by atoms with E-state index in [0.29, 0.717) is 6.04 Å². The van der Waals surface area contributed by atoms with Gasteiger partial charge in [0.2, 0.25) is 0 Å². The normalized spacial score (nSPS) is 17.1. The van der Waals surface area contributed by atoms with Crippen molar-refractivity contribution in [3.8, 4) is 11.4 Å². The van der Waals surface area contributed by atoms with Gasteiger partial charge in [0.25, 0.3) is 0 Å². The molecule has 0 spiro atoms. The first-order valence-electron chi connectivity index (χ1n) is 11.1. The van der Waals surface area contributed by atoms with Gasteiger partial charge >= 0.3 is 0 Å². The maximum Gasteiger partial charge on any atom is 0.141 e. The van der Waals surface area contributed by atoms with Gasteiger partial charge < -0.3 is 9.47 Å². The lowest BCUT2D eigenvalue weighted by Gasteiger charge is -2.20. The molecule has 1 saturated heterocycles. The minimum Gasteiger partial charge on any atom is -0.319 e. The van der Waals surface area contributed by atoms with E-state index in [1.165, 1.54) is 29.6 Å². The van der Waals surface area contributed by atoms with Crippen molar-refractivity contribution < 1.29 is 0 Å². The molecule has 4 heteroatoms. The number of hydrogen-bond donors (Lipinski definition) is 0. The monoisotopic (exact) mass is 410 g/mol. The van der Waals surface area contributed by atoms with Gasteiger partial charge in [-0.25, -0.2) is 4.98 Å². The maximum absolute atomic E-state index is 4.94. The molecule has 4 nitrogen and oxygen atoms in total. The lowest BCUT2D eigenvalue weighted by molar-refractivity contribution is 0.264. The van der Waals surface area contributed by atoms with Crippen molar-refractivity contribution in [2.75, 3.05) is 27.2 Å². The molecule has 0 radical (unpaired) electrons. The summed E-state index contributed by atoms with van der Waals surface area (Å²) in [6, 6.07) is 28.7. The van der Waals surface area contributed by atoms with Crippen LogP contribution in [-0.4, -0.2) is 52.6 Å². The Balaban J connectivity index is 1.37. The van der Waals surface area contributed by atoms with Gasteiger partial charge in [-0.1, -0.05) is 66.7 Å². The van der Waals surface area contributed by atoms with Crippen LogP contribution in [0.15, 0.2) is 78.9 Å². The molecular formula is C27H30N4. The average molecular weight is 411 g/mol. The molecule has 1 aromatic heterocycles. The van der Waals surface area contributed by atoms with Crippen LogP contribution in [-0.2, 0) is 13.1 Å². The van der Waals surface area contributed by atoms with E-state index >= 15 is 0 Å². The van der Waals surface area contributed by atoms with Gasteiger partial charge in [-0.3, -0.25) is 4.90 Å². The van der Waals surface area contributed by atoms with Crippen molar-refractivity contribution >= 4 is 11.0 Å². The van der Waals surface area contributed by atoms with Crippen LogP contribution in [0.25, 0.3) is 22.4 Å². The third-order valence-corrected chi connectivity index (χ3v) is 6.43. The molecule has 0 bridgehead atoms. The van der Waals surface area contributed by atoms with Crippen molar-refractivity contribution in [1.82, 2.24) is 19.4 Å². The Morgan fingerprint density at radius 1 is 0.839 bits per heavy atom. The van der Waals surface area contributed by atoms with Crippen molar-refractivity contribution in [1.29, 1.82) is 0 Å². The van der Waals surface area contributed by atoms with E-state index in [0.717, 1.165) is 36.5 Å². The summed E-state index contributed by atoms with van der Waals surface area (Å²) in [5.74, 6) is 1.03. The first-order valence-corrected chi connectivity index (χ1v) is 11.1. The Morgan fingerprint density at radius 2 is 1.52 bits per heavy atom. The molecule has 5 rings (SSSR count). The summed E-state index contributed by atoms with van der Waals surface area (Å²) in [4.78, 5) is 9.85. The van der Waals surface area contributed by atoms with Crippen LogP contribution >= 0.6 is 0 Å². The molecule has 0 N–H and O–H groups in total. The molecule has 2 heterocycles. The molecule has 3 aromatic carbocycles. The number of para-hydroxylation sites is 2. The average Bonchev–Trinajstić information content (AvgIpc) is 3.41. The first kappa shape index (κ1) is 20.0. The molecule has 0 saturated carbocycles. The minimum absolute atomic E-state index is 0.685. The zero-order valence-corrected chi connectivity index (χ0v) is 18.4. The summed E-state index contributed by atoms with van der Waals surface area (Å²) < 4.78 is 2.34. The summed E-state index contributed by atoms with van der Waals surface area (Å²) in [5, 5.41) is 0. The Hall–Kier alpha value is -2.95. The lowest BCUT2D eigenvalue weighted by Crippen LogP contribution is -2.31. The summed E-state index contributed by atoms with van der Waals surface area (Å²) in [6.07, 6.45) is 1.26. The van der Waals surface area contributed by atoms with Crippen LogP contribution in [0.5, 0.6) is 0 Å². The lowest BCUT2D eigenvalue weighted by atomic mass is 10.1. The summed E-state index contributed by atoms with van der Waals surface area (Å²) in [5.41, 5.74) is 6.07. The second-order valence-corrected chi connectivity index (χ2v) is 8.83. The van der Waals surface area contributed by atoms with Crippen LogP contribution in [0.2, 0.25) is 0 Å². The number of likely N-dealkylation sites (tertiary alicyclic amines) is 1. The SMILES string of the molecule is CN(C)C1CCN(Cc2ccc(Cn3c(-c4ccccc4)nc4ccccc43)cc2)C1. The highest BCUT2D eigenvalue weighted by Crippen LogP contribution is 2.26. The molecular weight excluding hydrogens is 380 g/mol. The highest BCUT2D eigenvalue weighted by Gasteiger charge is 2.23. The molecule has 0 amide bonds. The van der Waals surface area contributed by atoms with E-state index in [2.05, 4.69) is 107 Å². The topological polar surface area (TPSA) is 24.3 Å². The molecule has 158 valence electrons. The third kappa shape index (κ3) is 4.27. The number of likely N-dealkylation sites (N-methyl/N-ethyl adjacent to an activating group) is 1. The molecule has 1 aliphatic heterocycles. The van der Waals surface area contributed by atoms with Crippen molar-refractivity contribution in [3.05, 3.63) is 90.0 Å². The van der Waals surface area contributed by atoms with E-state index in [-0.39, 0.29) is 0 Å². The zero-order chi connectivity index (χ0) is 21.2. The second kappa shape index (κ2) is 8.66. The van der Waals surface area contributed by atoms with E-state index in [9.17, 15) is 0 Å². The fourth-order valence-corrected chi connectivity index (χ4v) is 4.61. The zero-order valence-electron chi connectivity index (χ0n) is 18.4. The number of imidazole rings is 1. The van der Waals surface area contributed by atoms with Gasteiger partial charge in [0.1, 0.15) is 5.82 Å². The predicted octanol–water partition coefficient (Wildman–Crippen LogP) is 4.89. The molecule has 31 heavy (non-hydrogen) atoms. The first-order chi connectivity index (χ1) is 15.2. The van der Waals surface area contributed by atoms with E-state index in [1.807, 2.05) is 0 Å². The van der Waals surface area contributed by atoms with Gasteiger partial charge in [0, 0.05) is 37.8 Å². The van der Waals surface area contributed by atoms with Crippen molar-refractivity contribution in [3.63, 3.8) is 0 Å². The number of fused-ring (bicyclic) bond motifs is 1. The van der Waals surface area contributed by atoms with Gasteiger partial charge in [0.15, 0.2) is 0 Å². The molecule has 0 aliphatic carbocycles. The number of rotatable bonds is 6. The van der Waals surface area contributed by atoms with Crippen LogP contribution in [0.1, 0.15) is 17.5 Å². The van der Waals surface area contributed by atoms with E-state index in [4.69, 9.17) is 4.98 Å². The highest BCUT2D eigenvalue weighted by atomic mass is 15.2. The number of hydrogen-bond acceptors (Lipinski definition) is 3. The molecule has 1 fully saturated rings. The van der Waals surface area contributed by atoms with E-state index < -0.39 is 0 Å². The van der Waals surface area contributed by atoms with Gasteiger partial charge in [0.05, 0.1) is 11.0 Å². The Bertz CT molecular complexity index is 1150. The standard InChI is InChI=1S/C27H30N4/c1-29(2)24-16-17-30(20-24)18-21-12-14-22(15-13-21)19-31-26-11-7-6-10-25(26)28-27(31)23-8-4-3-5-9-23/h3-15,24H,16-20H2,1-2H3. The summed E-state index contributed by atoms with van der Waals surface area (Å²) in [6.45, 7) is 4.20. The molecule has 4 aromatic rings. The maximum atomic E-state index is 4.94. The van der Waals surface area contributed by atoms with Crippen LogP contribution in [0.4, 0.5) is 0 Å². The largest absolute Gasteiger partial charge is 0.319 e. The number of nitrogens with zero attached hydrogens (tertiary/aromatic N) is 4. The minimum atomic E-state index is 0.685. The van der Waals surface area contributed by atoms with Crippen molar-refractivity contribution in [2.24, 2.45) is 0 Å². The van der Waals surface area contributed by atoms with Crippen LogP contribution in [0.3, 0.4) is 0 Å². The number of aromatic nitrogens is 2. The fraction of sp³-hybridized carbons (Fsp3) is 0.296. The van der Waals surface area contributed by atoms with Gasteiger partial charge in [-0.2, -0.15) is 0 Å². The smallest absolute Gasteiger partial charge is 0.141 e. The molecule has 1 unspecified atom stereocenters. The molecule has 1 aliphatic rings. The quantitative estimate of drug-likeness (QED) is 0.452. The number of benzene rings is 3.